The molecule has 0 spiro atoms. The fraction of sp³-hybridized carbons (Fsp3) is 0.556. The van der Waals surface area contributed by atoms with Gasteiger partial charge in [-0.15, -0.1) is 0 Å². The molecule has 0 aliphatic carbocycles. The molecule has 154 valence electrons. The summed E-state index contributed by atoms with van der Waals surface area (Å²) in [7, 11) is 1.44. The van der Waals surface area contributed by atoms with E-state index in [1.807, 2.05) is 4.90 Å². The third-order valence-corrected chi connectivity index (χ3v) is 4.97. The van der Waals surface area contributed by atoms with Crippen LogP contribution in [-0.4, -0.2) is 53.1 Å². The zero-order valence-corrected chi connectivity index (χ0v) is 15.2. The molecule has 10 heteroatoms. The number of aromatic nitrogens is 2. The molecule has 1 aromatic carbocycles. The summed E-state index contributed by atoms with van der Waals surface area (Å²) in [6, 6.07) is 6.03. The van der Waals surface area contributed by atoms with Gasteiger partial charge < -0.3 is 19.3 Å². The number of likely N-dealkylation sites (tertiary alicyclic amines) is 1. The van der Waals surface area contributed by atoms with Gasteiger partial charge in [-0.25, -0.2) is 4.39 Å². The molecule has 1 aromatic heterocycles. The molecule has 6 nitrogen and oxygen atoms in total. The number of alkyl halides is 3. The van der Waals surface area contributed by atoms with Crippen LogP contribution in [0.1, 0.15) is 36.2 Å². The molecule has 1 saturated heterocycles. The molecule has 3 rings (SSSR count). The zero-order chi connectivity index (χ0) is 20.4. The van der Waals surface area contributed by atoms with Gasteiger partial charge in [-0.3, -0.25) is 0 Å². The first-order valence-corrected chi connectivity index (χ1v) is 8.82. The second kappa shape index (κ2) is 8.14. The number of rotatable bonds is 6. The summed E-state index contributed by atoms with van der Waals surface area (Å²) in [5.74, 6) is -0.888. The number of aliphatic hydroxyl groups is 1. The van der Waals surface area contributed by atoms with Crippen molar-refractivity contribution < 1.29 is 31.9 Å². The molecule has 2 aromatic rings. The average molecular weight is 403 g/mol. The van der Waals surface area contributed by atoms with E-state index >= 15 is 0 Å². The van der Waals surface area contributed by atoms with Gasteiger partial charge in [-0.2, -0.15) is 18.2 Å². The second-order valence-corrected chi connectivity index (χ2v) is 6.84. The standard InChI is InChI=1S/C18H21F4N3O3/c1-27-17(16-23-15(24-28-16)10-18(20,21)22)6-8-25(9-7-17)11-14(26)12-4-2-3-5-13(12)19/h2-5,14,26H,6-11H2,1H3. The molecule has 28 heavy (non-hydrogen) atoms. The van der Waals surface area contributed by atoms with E-state index in [9.17, 15) is 22.7 Å². The van der Waals surface area contributed by atoms with Crippen LogP contribution in [0.4, 0.5) is 17.6 Å². The molecular formula is C18H21F4N3O3. The molecule has 2 heterocycles. The van der Waals surface area contributed by atoms with Gasteiger partial charge in [0.2, 0.25) is 0 Å². The van der Waals surface area contributed by atoms with Crippen LogP contribution in [0.3, 0.4) is 0 Å². The number of benzene rings is 1. The summed E-state index contributed by atoms with van der Waals surface area (Å²) in [5, 5.41) is 13.7. The van der Waals surface area contributed by atoms with Gasteiger partial charge in [-0.05, 0) is 18.9 Å². The van der Waals surface area contributed by atoms with Crippen LogP contribution in [0, 0.1) is 5.82 Å². The largest absolute Gasteiger partial charge is 0.396 e. The van der Waals surface area contributed by atoms with Gasteiger partial charge >= 0.3 is 6.18 Å². The maximum absolute atomic E-state index is 13.8. The number of halogens is 4. The molecule has 1 aliphatic heterocycles. The van der Waals surface area contributed by atoms with Crippen molar-refractivity contribution in [2.45, 2.75) is 37.1 Å². The number of piperidine rings is 1. The highest BCUT2D eigenvalue weighted by molar-refractivity contribution is 5.20. The minimum absolute atomic E-state index is 0.0172. The van der Waals surface area contributed by atoms with Gasteiger partial charge in [0.1, 0.15) is 17.8 Å². The molecular weight excluding hydrogens is 382 g/mol. The molecule has 1 aliphatic rings. The lowest BCUT2D eigenvalue weighted by atomic mass is 9.90. The van der Waals surface area contributed by atoms with E-state index in [1.165, 1.54) is 19.2 Å². The van der Waals surface area contributed by atoms with Gasteiger partial charge in [0.05, 0.1) is 6.10 Å². The van der Waals surface area contributed by atoms with E-state index < -0.39 is 35.9 Å². The number of ether oxygens (including phenoxy) is 1. The highest BCUT2D eigenvalue weighted by atomic mass is 19.4. The van der Waals surface area contributed by atoms with E-state index in [0.717, 1.165) is 0 Å². The maximum Gasteiger partial charge on any atom is 0.396 e. The predicted molar refractivity (Wildman–Crippen MR) is 89.8 cm³/mol. The first-order valence-electron chi connectivity index (χ1n) is 8.82. The summed E-state index contributed by atoms with van der Waals surface area (Å²) in [4.78, 5) is 5.80. The lowest BCUT2D eigenvalue weighted by Crippen LogP contribution is -2.45. The van der Waals surface area contributed by atoms with Crippen molar-refractivity contribution in [3.05, 3.63) is 47.4 Å². The molecule has 1 atom stereocenters. The Labute approximate surface area is 159 Å². The van der Waals surface area contributed by atoms with Crippen molar-refractivity contribution in [1.82, 2.24) is 15.0 Å². The van der Waals surface area contributed by atoms with E-state index in [0.29, 0.717) is 25.9 Å². The summed E-state index contributed by atoms with van der Waals surface area (Å²) >= 11 is 0. The third kappa shape index (κ3) is 4.68. The van der Waals surface area contributed by atoms with Crippen LogP contribution >= 0.6 is 0 Å². The van der Waals surface area contributed by atoms with Crippen LogP contribution < -0.4 is 0 Å². The lowest BCUT2D eigenvalue weighted by Gasteiger charge is -2.38. The topological polar surface area (TPSA) is 71.6 Å². The quantitative estimate of drug-likeness (QED) is 0.748. The minimum atomic E-state index is -4.42. The fourth-order valence-electron chi connectivity index (χ4n) is 3.38. The molecule has 1 fully saturated rings. The smallest absolute Gasteiger partial charge is 0.387 e. The summed E-state index contributed by atoms with van der Waals surface area (Å²) in [6.45, 7) is 1.16. The van der Waals surface area contributed by atoms with Gasteiger partial charge in [0.15, 0.2) is 5.82 Å². The summed E-state index contributed by atoms with van der Waals surface area (Å²) in [6.07, 6.45) is -5.90. The Bertz CT molecular complexity index is 788. The van der Waals surface area contributed by atoms with Crippen molar-refractivity contribution in [3.8, 4) is 0 Å². The summed E-state index contributed by atoms with van der Waals surface area (Å²) < 4.78 is 61.9. The van der Waals surface area contributed by atoms with Crippen molar-refractivity contribution in [3.63, 3.8) is 0 Å². The Morgan fingerprint density at radius 2 is 1.96 bits per heavy atom. The average Bonchev–Trinajstić information content (AvgIpc) is 3.10. The number of nitrogens with zero attached hydrogens (tertiary/aromatic N) is 3. The minimum Gasteiger partial charge on any atom is -0.387 e. The lowest BCUT2D eigenvalue weighted by molar-refractivity contribution is -0.128. The molecule has 0 bridgehead atoms. The van der Waals surface area contributed by atoms with Crippen LogP contribution in [0.25, 0.3) is 0 Å². The SMILES string of the molecule is COC1(c2nc(CC(F)(F)F)no2)CCN(CC(O)c2ccccc2F)CC1. The summed E-state index contributed by atoms with van der Waals surface area (Å²) in [5.41, 5.74) is -0.754. The molecule has 0 amide bonds. The highest BCUT2D eigenvalue weighted by Crippen LogP contribution is 2.36. The normalized spacial score (nSPS) is 18.9. The number of aliphatic hydroxyl groups excluding tert-OH is 1. The van der Waals surface area contributed by atoms with Crippen LogP contribution in [0.2, 0.25) is 0 Å². The van der Waals surface area contributed by atoms with Crippen molar-refractivity contribution in [2.24, 2.45) is 0 Å². The first kappa shape index (κ1) is 20.7. The predicted octanol–water partition coefficient (Wildman–Crippen LogP) is 2.98. The number of β-amino-alcohol motifs (C(OH)–C–C–N with tert-alkyl or cyclic N) is 1. The number of hydrogen-bond donors (Lipinski definition) is 1. The third-order valence-electron chi connectivity index (χ3n) is 4.97. The molecule has 0 radical (unpaired) electrons. The van der Waals surface area contributed by atoms with E-state index in [1.54, 1.807) is 12.1 Å². The Morgan fingerprint density at radius 1 is 1.29 bits per heavy atom. The zero-order valence-electron chi connectivity index (χ0n) is 15.2. The van der Waals surface area contributed by atoms with E-state index in [4.69, 9.17) is 9.26 Å². The second-order valence-electron chi connectivity index (χ2n) is 6.84. The van der Waals surface area contributed by atoms with E-state index in [-0.39, 0.29) is 18.0 Å². The Balaban J connectivity index is 1.63. The van der Waals surface area contributed by atoms with E-state index in [2.05, 4.69) is 10.1 Å². The van der Waals surface area contributed by atoms with Crippen LogP contribution in [-0.2, 0) is 16.8 Å². The Morgan fingerprint density at radius 3 is 2.57 bits per heavy atom. The van der Waals surface area contributed by atoms with Crippen LogP contribution in [0.5, 0.6) is 0 Å². The van der Waals surface area contributed by atoms with Gasteiger partial charge in [-0.1, -0.05) is 23.4 Å². The van der Waals surface area contributed by atoms with Gasteiger partial charge in [0, 0.05) is 32.3 Å². The Hall–Kier alpha value is -2.04. The van der Waals surface area contributed by atoms with Crippen molar-refractivity contribution in [1.29, 1.82) is 0 Å². The first-order chi connectivity index (χ1) is 13.2. The van der Waals surface area contributed by atoms with Gasteiger partial charge in [0.25, 0.3) is 5.89 Å². The maximum atomic E-state index is 13.8. The van der Waals surface area contributed by atoms with Crippen molar-refractivity contribution >= 4 is 0 Å². The molecule has 1 N–H and O–H groups in total. The fourth-order valence-corrected chi connectivity index (χ4v) is 3.38. The Kier molecular flexibility index (Phi) is 6.01. The molecule has 1 unspecified atom stereocenters. The number of hydrogen-bond acceptors (Lipinski definition) is 6. The molecule has 0 saturated carbocycles. The van der Waals surface area contributed by atoms with Crippen molar-refractivity contribution in [2.75, 3.05) is 26.7 Å². The highest BCUT2D eigenvalue weighted by Gasteiger charge is 2.42. The number of methoxy groups -OCH3 is 1. The van der Waals surface area contributed by atoms with Crippen LogP contribution in [0.15, 0.2) is 28.8 Å². The monoisotopic (exact) mass is 403 g/mol.